The van der Waals surface area contributed by atoms with Crippen molar-refractivity contribution < 1.29 is 14.9 Å². The molecular weight excluding hydrogens is 360 g/mol. The Bertz CT molecular complexity index is 802. The first-order chi connectivity index (χ1) is 11.1. The zero-order chi connectivity index (χ0) is 15.9. The first-order valence-electron chi connectivity index (χ1n) is 7.82. The van der Waals surface area contributed by atoms with E-state index < -0.39 is 12.2 Å². The van der Waals surface area contributed by atoms with Gasteiger partial charge in [0.1, 0.15) is 12.2 Å². The monoisotopic (exact) mass is 374 g/mol. The molecule has 1 aromatic rings. The molecule has 4 aliphatic rings. The molecule has 0 radical (unpaired) electrons. The molecule has 23 heavy (non-hydrogen) atoms. The van der Waals surface area contributed by atoms with Gasteiger partial charge in [-0.3, -0.25) is 0 Å². The summed E-state index contributed by atoms with van der Waals surface area (Å²) in [6, 6.07) is 1.73. The minimum atomic E-state index is -0.697. The van der Waals surface area contributed by atoms with Gasteiger partial charge in [0.05, 0.1) is 6.04 Å². The molecule has 2 heterocycles. The molecule has 5 atom stereocenters. The van der Waals surface area contributed by atoms with Crippen LogP contribution >= 0.6 is 15.9 Å². The lowest BCUT2D eigenvalue weighted by Gasteiger charge is -2.55. The smallest absolute Gasteiger partial charge is 0.179 e. The van der Waals surface area contributed by atoms with Crippen LogP contribution in [0.4, 0.5) is 0 Å². The maximum absolute atomic E-state index is 10.5. The molecule has 2 N–H and O–H groups in total. The van der Waals surface area contributed by atoms with E-state index in [2.05, 4.69) is 28.2 Å². The van der Waals surface area contributed by atoms with Crippen LogP contribution in [0.2, 0.25) is 0 Å². The number of aliphatic hydroxyl groups excluding tert-OH is 1. The molecule has 2 unspecified atom stereocenters. The minimum Gasteiger partial charge on any atom is -0.504 e. The van der Waals surface area contributed by atoms with E-state index in [0.717, 1.165) is 28.4 Å². The van der Waals surface area contributed by atoms with Crippen molar-refractivity contribution in [2.45, 2.75) is 36.5 Å². The summed E-state index contributed by atoms with van der Waals surface area (Å²) < 4.78 is 6.92. The third-order valence-electron chi connectivity index (χ3n) is 6.07. The number of nitriles is 1. The molecule has 5 rings (SSSR count). The number of aromatic hydroxyl groups is 1. The molecule has 1 fully saturated rings. The number of rotatable bonds is 0. The van der Waals surface area contributed by atoms with Crippen molar-refractivity contribution in [1.29, 1.82) is 5.26 Å². The van der Waals surface area contributed by atoms with Gasteiger partial charge in [0.2, 0.25) is 0 Å². The Kier molecular flexibility index (Phi) is 2.52. The van der Waals surface area contributed by atoms with Crippen LogP contribution in [0.1, 0.15) is 17.5 Å². The zero-order valence-corrected chi connectivity index (χ0v) is 13.8. The van der Waals surface area contributed by atoms with Gasteiger partial charge < -0.3 is 19.8 Å². The fourth-order valence-electron chi connectivity index (χ4n) is 5.22. The van der Waals surface area contributed by atoms with E-state index in [0.29, 0.717) is 12.3 Å². The summed E-state index contributed by atoms with van der Waals surface area (Å²) in [5.74, 6) is 0.753. The summed E-state index contributed by atoms with van der Waals surface area (Å²) in [6.45, 7) is 0.657. The van der Waals surface area contributed by atoms with Gasteiger partial charge in [-0.1, -0.05) is 28.1 Å². The summed E-state index contributed by atoms with van der Waals surface area (Å²) in [5.41, 5.74) is 1.79. The van der Waals surface area contributed by atoms with Crippen LogP contribution in [-0.4, -0.2) is 39.9 Å². The van der Waals surface area contributed by atoms with E-state index in [1.54, 1.807) is 12.1 Å². The number of hydrogen-bond donors (Lipinski definition) is 2. The second-order valence-corrected chi connectivity index (χ2v) is 7.71. The van der Waals surface area contributed by atoms with Crippen LogP contribution in [0.5, 0.6) is 11.5 Å². The van der Waals surface area contributed by atoms with Gasteiger partial charge in [0.25, 0.3) is 0 Å². The highest BCUT2D eigenvalue weighted by Crippen LogP contribution is 2.63. The maximum Gasteiger partial charge on any atom is 0.179 e. The van der Waals surface area contributed by atoms with Gasteiger partial charge in [-0.25, -0.2) is 0 Å². The first-order valence-corrected chi connectivity index (χ1v) is 8.61. The Balaban J connectivity index is 1.85. The quantitative estimate of drug-likeness (QED) is 0.534. The Morgan fingerprint density at radius 2 is 2.26 bits per heavy atom. The van der Waals surface area contributed by atoms with Crippen LogP contribution < -0.4 is 4.74 Å². The molecule has 5 nitrogen and oxygen atoms in total. The van der Waals surface area contributed by atoms with E-state index in [4.69, 9.17) is 4.74 Å². The number of phenols is 1. The highest BCUT2D eigenvalue weighted by Gasteiger charge is 2.65. The largest absolute Gasteiger partial charge is 0.504 e. The number of benzene rings is 1. The van der Waals surface area contributed by atoms with E-state index in [9.17, 15) is 15.5 Å². The van der Waals surface area contributed by atoms with Crippen molar-refractivity contribution >= 4 is 15.9 Å². The van der Waals surface area contributed by atoms with Gasteiger partial charge in [-0.2, -0.15) is 5.26 Å². The lowest BCUT2D eigenvalue weighted by molar-refractivity contribution is -0.0389. The second-order valence-electron chi connectivity index (χ2n) is 6.86. The number of aliphatic hydroxyl groups is 1. The van der Waals surface area contributed by atoms with E-state index in [1.165, 1.54) is 0 Å². The average molecular weight is 375 g/mol. The Labute approximate surface area is 141 Å². The van der Waals surface area contributed by atoms with Crippen LogP contribution in [0, 0.1) is 17.4 Å². The summed E-state index contributed by atoms with van der Waals surface area (Å²) in [5, 5.41) is 30.3. The first kappa shape index (κ1) is 13.7. The van der Waals surface area contributed by atoms with Crippen molar-refractivity contribution in [3.05, 3.63) is 33.8 Å². The summed E-state index contributed by atoms with van der Waals surface area (Å²) in [7, 11) is 0. The molecule has 1 spiro atoms. The van der Waals surface area contributed by atoms with Gasteiger partial charge in [-0.15, -0.1) is 0 Å². The molecule has 1 aromatic carbocycles. The van der Waals surface area contributed by atoms with Crippen molar-refractivity contribution in [2.24, 2.45) is 5.92 Å². The van der Waals surface area contributed by atoms with Crippen LogP contribution in [-0.2, 0) is 11.8 Å². The molecule has 1 saturated heterocycles. The van der Waals surface area contributed by atoms with Crippen molar-refractivity contribution in [1.82, 2.24) is 4.90 Å². The number of nitrogens with zero attached hydrogens (tertiary/aromatic N) is 2. The number of piperidine rings is 1. The number of ether oxygens (including phenoxy) is 1. The Hall–Kier alpha value is -1.71. The van der Waals surface area contributed by atoms with Crippen LogP contribution in [0.15, 0.2) is 22.7 Å². The second kappa shape index (κ2) is 4.22. The molecule has 2 aliphatic heterocycles. The Morgan fingerprint density at radius 3 is 3.04 bits per heavy atom. The molecule has 6 heteroatoms. The van der Waals surface area contributed by atoms with Gasteiger partial charge in [0.15, 0.2) is 17.7 Å². The van der Waals surface area contributed by atoms with E-state index >= 15 is 0 Å². The van der Waals surface area contributed by atoms with Gasteiger partial charge in [0, 0.05) is 27.9 Å². The summed E-state index contributed by atoms with van der Waals surface area (Å²) >= 11 is 3.57. The predicted octanol–water partition coefficient (Wildman–Crippen LogP) is 1.81. The fourth-order valence-corrected chi connectivity index (χ4v) is 5.80. The summed E-state index contributed by atoms with van der Waals surface area (Å²) in [4.78, 5) is 1.86. The highest BCUT2D eigenvalue weighted by molar-refractivity contribution is 9.10. The Morgan fingerprint density at radius 1 is 1.43 bits per heavy atom. The molecule has 0 amide bonds. The van der Waals surface area contributed by atoms with Crippen molar-refractivity contribution in [2.75, 3.05) is 6.54 Å². The standard InChI is InChI=1S/C17H15BrN2O3/c18-10-6-13(22)15-14-8(10)5-11-9-1-2-12(21)16(23-15)17(9,14)3-4-20(11)7-19/h1-2,6,9,11-12,16,21-22H,3-5H2/t9-,11?,12-,16-,17?/m0/s1. The maximum atomic E-state index is 10.5. The lowest BCUT2D eigenvalue weighted by atomic mass is 9.53. The van der Waals surface area contributed by atoms with E-state index in [1.807, 2.05) is 4.90 Å². The van der Waals surface area contributed by atoms with Crippen LogP contribution in [0.25, 0.3) is 0 Å². The summed E-state index contributed by atoms with van der Waals surface area (Å²) in [6.07, 6.45) is 6.54. The normalized spacial score (nSPS) is 38.7. The number of hydrogen-bond acceptors (Lipinski definition) is 5. The highest BCUT2D eigenvalue weighted by atomic mass is 79.9. The molecule has 0 saturated carbocycles. The van der Waals surface area contributed by atoms with Gasteiger partial charge >= 0.3 is 0 Å². The molecule has 118 valence electrons. The third kappa shape index (κ3) is 1.41. The molecule has 2 bridgehead atoms. The number of likely N-dealkylation sites (tertiary alicyclic amines) is 1. The minimum absolute atomic E-state index is 0.0721. The third-order valence-corrected chi connectivity index (χ3v) is 6.78. The fraction of sp³-hybridized carbons (Fsp3) is 0.471. The van der Waals surface area contributed by atoms with E-state index in [-0.39, 0.29) is 23.1 Å². The lowest BCUT2D eigenvalue weighted by Crippen LogP contribution is -2.64. The molecular formula is C17H15BrN2O3. The topological polar surface area (TPSA) is 76.7 Å². The number of phenolic OH excluding ortho intramolecular Hbond substituents is 1. The SMILES string of the molecule is N#CN1CCC23c4c5c(Br)cc(O)c4O[C@H]2[C@@H](O)C=C[C@H]3C1C5. The number of halogens is 1. The molecule has 2 aliphatic carbocycles. The predicted molar refractivity (Wildman–Crippen MR) is 85.0 cm³/mol. The van der Waals surface area contributed by atoms with Crippen molar-refractivity contribution in [3.8, 4) is 17.7 Å². The average Bonchev–Trinajstić information content (AvgIpc) is 2.87. The van der Waals surface area contributed by atoms with Crippen molar-refractivity contribution in [3.63, 3.8) is 0 Å². The zero-order valence-electron chi connectivity index (χ0n) is 12.2. The van der Waals surface area contributed by atoms with Crippen LogP contribution in [0.3, 0.4) is 0 Å². The van der Waals surface area contributed by atoms with Gasteiger partial charge in [-0.05, 0) is 24.5 Å². The molecule has 0 aromatic heterocycles.